The predicted octanol–water partition coefficient (Wildman–Crippen LogP) is 2.37. The largest absolute Gasteiger partial charge is 0.273 e. The van der Waals surface area contributed by atoms with Gasteiger partial charge in [0.15, 0.2) is 0 Å². The Morgan fingerprint density at radius 3 is 2.83 bits per heavy atom. The first-order chi connectivity index (χ1) is 5.84. The van der Waals surface area contributed by atoms with Crippen molar-refractivity contribution in [2.24, 2.45) is 7.05 Å². The Bertz CT molecular complexity index is 220. The van der Waals surface area contributed by atoms with Gasteiger partial charge in [-0.25, -0.2) is 0 Å². The molecule has 0 atom stereocenters. The van der Waals surface area contributed by atoms with Crippen molar-refractivity contribution in [2.45, 2.75) is 25.7 Å². The second kappa shape index (κ2) is 5.20. The van der Waals surface area contributed by atoms with Crippen LogP contribution >= 0.6 is 11.6 Å². The smallest absolute Gasteiger partial charge is 0.0492 e. The van der Waals surface area contributed by atoms with Crippen LogP contribution in [0.15, 0.2) is 12.3 Å². The van der Waals surface area contributed by atoms with Crippen LogP contribution in [0.4, 0.5) is 0 Å². The molecule has 0 aliphatic carbocycles. The molecule has 1 aromatic heterocycles. The van der Waals surface area contributed by atoms with E-state index in [-0.39, 0.29) is 0 Å². The van der Waals surface area contributed by atoms with Crippen molar-refractivity contribution in [2.75, 3.05) is 5.88 Å². The molecule has 68 valence electrons. The molecule has 0 amide bonds. The molecule has 0 radical (unpaired) electrons. The van der Waals surface area contributed by atoms with Gasteiger partial charge in [0, 0.05) is 24.8 Å². The summed E-state index contributed by atoms with van der Waals surface area (Å²) in [6.45, 7) is 0. The second-order valence-electron chi connectivity index (χ2n) is 2.95. The van der Waals surface area contributed by atoms with E-state index in [1.54, 1.807) is 0 Å². The standard InChI is InChI=1S/C9H15ClN2/c1-12-9(6-8-11-12)5-3-2-4-7-10/h6,8H,2-5,7H2,1H3. The van der Waals surface area contributed by atoms with Gasteiger partial charge >= 0.3 is 0 Å². The number of hydrogen-bond acceptors (Lipinski definition) is 1. The Kier molecular flexibility index (Phi) is 4.15. The van der Waals surface area contributed by atoms with Crippen LogP contribution < -0.4 is 0 Å². The number of nitrogens with zero attached hydrogens (tertiary/aromatic N) is 2. The first kappa shape index (κ1) is 9.59. The molecule has 0 aromatic carbocycles. The fraction of sp³-hybridized carbons (Fsp3) is 0.667. The molecule has 0 saturated heterocycles. The number of rotatable bonds is 5. The average molecular weight is 187 g/mol. The molecular weight excluding hydrogens is 172 g/mol. The van der Waals surface area contributed by atoms with Crippen molar-refractivity contribution in [3.8, 4) is 0 Å². The summed E-state index contributed by atoms with van der Waals surface area (Å²) in [5.41, 5.74) is 1.31. The molecule has 0 aliphatic heterocycles. The number of unbranched alkanes of at least 4 members (excludes halogenated alkanes) is 2. The van der Waals surface area contributed by atoms with Crippen LogP contribution in [-0.2, 0) is 13.5 Å². The van der Waals surface area contributed by atoms with E-state index in [1.807, 2.05) is 17.9 Å². The number of halogens is 1. The Morgan fingerprint density at radius 1 is 1.42 bits per heavy atom. The summed E-state index contributed by atoms with van der Waals surface area (Å²) >= 11 is 5.58. The molecule has 0 aliphatic rings. The summed E-state index contributed by atoms with van der Waals surface area (Å²) in [4.78, 5) is 0. The van der Waals surface area contributed by atoms with E-state index in [0.717, 1.165) is 18.7 Å². The van der Waals surface area contributed by atoms with Gasteiger partial charge in [-0.05, 0) is 25.3 Å². The van der Waals surface area contributed by atoms with Crippen LogP contribution in [0.5, 0.6) is 0 Å². The molecule has 12 heavy (non-hydrogen) atoms. The molecule has 1 rings (SSSR count). The third-order valence-corrected chi connectivity index (χ3v) is 2.26. The normalized spacial score (nSPS) is 10.5. The van der Waals surface area contributed by atoms with E-state index < -0.39 is 0 Å². The zero-order valence-electron chi connectivity index (χ0n) is 7.46. The van der Waals surface area contributed by atoms with Crippen molar-refractivity contribution >= 4 is 11.6 Å². The SMILES string of the molecule is Cn1nccc1CCCCCCl. The lowest BCUT2D eigenvalue weighted by Crippen LogP contribution is -1.97. The summed E-state index contributed by atoms with van der Waals surface area (Å²) in [6.07, 6.45) is 6.52. The van der Waals surface area contributed by atoms with Gasteiger partial charge in [0.25, 0.3) is 0 Å². The summed E-state index contributed by atoms with van der Waals surface area (Å²) in [7, 11) is 1.98. The summed E-state index contributed by atoms with van der Waals surface area (Å²) in [5.74, 6) is 0.783. The lowest BCUT2D eigenvalue weighted by molar-refractivity contribution is 0.654. The maximum Gasteiger partial charge on any atom is 0.0492 e. The zero-order chi connectivity index (χ0) is 8.81. The Balaban J connectivity index is 2.20. The van der Waals surface area contributed by atoms with Crippen molar-refractivity contribution in [1.29, 1.82) is 0 Å². The van der Waals surface area contributed by atoms with Crippen LogP contribution in [0.25, 0.3) is 0 Å². The third-order valence-electron chi connectivity index (χ3n) is 1.99. The zero-order valence-corrected chi connectivity index (χ0v) is 8.22. The maximum atomic E-state index is 5.58. The minimum absolute atomic E-state index is 0.783. The van der Waals surface area contributed by atoms with Gasteiger partial charge < -0.3 is 0 Å². The highest BCUT2D eigenvalue weighted by molar-refractivity contribution is 6.17. The van der Waals surface area contributed by atoms with E-state index in [9.17, 15) is 0 Å². The second-order valence-corrected chi connectivity index (χ2v) is 3.32. The number of aromatic nitrogens is 2. The molecule has 1 heterocycles. The van der Waals surface area contributed by atoms with E-state index in [0.29, 0.717) is 0 Å². The predicted molar refractivity (Wildman–Crippen MR) is 51.5 cm³/mol. The van der Waals surface area contributed by atoms with Crippen molar-refractivity contribution in [1.82, 2.24) is 9.78 Å². The first-order valence-electron chi connectivity index (χ1n) is 4.37. The molecule has 3 heteroatoms. The highest BCUT2D eigenvalue weighted by Crippen LogP contribution is 2.05. The summed E-state index contributed by atoms with van der Waals surface area (Å²) < 4.78 is 1.93. The number of hydrogen-bond donors (Lipinski definition) is 0. The van der Waals surface area contributed by atoms with Gasteiger partial charge in [0.2, 0.25) is 0 Å². The Hall–Kier alpha value is -0.500. The van der Waals surface area contributed by atoms with Crippen LogP contribution in [0.3, 0.4) is 0 Å². The van der Waals surface area contributed by atoms with Crippen molar-refractivity contribution < 1.29 is 0 Å². The molecule has 0 N–H and O–H groups in total. The topological polar surface area (TPSA) is 17.8 Å². The van der Waals surface area contributed by atoms with Gasteiger partial charge in [0.1, 0.15) is 0 Å². The highest BCUT2D eigenvalue weighted by atomic mass is 35.5. The highest BCUT2D eigenvalue weighted by Gasteiger charge is 1.96. The molecule has 1 aromatic rings. The minimum Gasteiger partial charge on any atom is -0.273 e. The van der Waals surface area contributed by atoms with Crippen molar-refractivity contribution in [3.63, 3.8) is 0 Å². The van der Waals surface area contributed by atoms with Gasteiger partial charge in [-0.1, -0.05) is 6.42 Å². The third kappa shape index (κ3) is 2.86. The molecule has 2 nitrogen and oxygen atoms in total. The molecule has 0 bridgehead atoms. The van der Waals surface area contributed by atoms with E-state index in [2.05, 4.69) is 11.2 Å². The molecule has 0 unspecified atom stereocenters. The Morgan fingerprint density at radius 2 is 2.25 bits per heavy atom. The van der Waals surface area contributed by atoms with E-state index >= 15 is 0 Å². The molecule has 0 spiro atoms. The number of alkyl halides is 1. The van der Waals surface area contributed by atoms with Crippen molar-refractivity contribution in [3.05, 3.63) is 18.0 Å². The van der Waals surface area contributed by atoms with Gasteiger partial charge in [-0.2, -0.15) is 5.10 Å². The van der Waals surface area contributed by atoms with E-state index in [1.165, 1.54) is 18.5 Å². The van der Waals surface area contributed by atoms with Gasteiger partial charge in [-0.15, -0.1) is 11.6 Å². The van der Waals surface area contributed by atoms with E-state index in [4.69, 9.17) is 11.6 Å². The van der Waals surface area contributed by atoms with Crippen LogP contribution in [0.1, 0.15) is 25.0 Å². The molecular formula is C9H15ClN2. The van der Waals surface area contributed by atoms with Crippen LogP contribution in [0.2, 0.25) is 0 Å². The maximum absolute atomic E-state index is 5.58. The first-order valence-corrected chi connectivity index (χ1v) is 4.91. The summed E-state index contributed by atoms with van der Waals surface area (Å²) in [5, 5.41) is 4.11. The Labute approximate surface area is 78.5 Å². The van der Waals surface area contributed by atoms with Gasteiger partial charge in [-0.3, -0.25) is 4.68 Å². The number of aryl methyl sites for hydroxylation is 2. The minimum atomic E-state index is 0.783. The quantitative estimate of drug-likeness (QED) is 0.510. The summed E-state index contributed by atoms with van der Waals surface area (Å²) in [6, 6.07) is 2.07. The molecule has 0 saturated carbocycles. The van der Waals surface area contributed by atoms with Crippen LogP contribution in [-0.4, -0.2) is 15.7 Å². The van der Waals surface area contributed by atoms with Gasteiger partial charge in [0.05, 0.1) is 0 Å². The lowest BCUT2D eigenvalue weighted by Gasteiger charge is -2.00. The van der Waals surface area contributed by atoms with Crippen LogP contribution in [0, 0.1) is 0 Å². The lowest BCUT2D eigenvalue weighted by atomic mass is 10.1. The average Bonchev–Trinajstić information content (AvgIpc) is 2.46. The monoisotopic (exact) mass is 186 g/mol. The fourth-order valence-electron chi connectivity index (χ4n) is 1.22. The molecule has 0 fully saturated rings. The fourth-order valence-corrected chi connectivity index (χ4v) is 1.41.